The van der Waals surface area contributed by atoms with Crippen molar-refractivity contribution in [2.75, 3.05) is 0 Å². The van der Waals surface area contributed by atoms with Crippen LogP contribution in [-0.4, -0.2) is 22.5 Å². The summed E-state index contributed by atoms with van der Waals surface area (Å²) in [6.45, 7) is 2.21. The van der Waals surface area contributed by atoms with Gasteiger partial charge in [0.1, 0.15) is 5.76 Å². The summed E-state index contributed by atoms with van der Waals surface area (Å²) in [6.07, 6.45) is 12.5. The number of unbranched alkanes of at least 4 members (excludes halogenated alkanes) is 8. The molecule has 1 unspecified atom stereocenters. The molecule has 0 saturated carbocycles. The van der Waals surface area contributed by atoms with Crippen LogP contribution in [0.3, 0.4) is 0 Å². The third kappa shape index (κ3) is 5.51. The number of aliphatic hydroxyl groups excluding tert-OH is 1. The summed E-state index contributed by atoms with van der Waals surface area (Å²) in [6, 6.07) is 7.00. The molecule has 0 aromatic heterocycles. The van der Waals surface area contributed by atoms with Crippen molar-refractivity contribution in [3.05, 3.63) is 68.7 Å². The molecule has 1 atom stereocenters. The van der Waals surface area contributed by atoms with E-state index in [4.69, 9.17) is 11.6 Å². The maximum atomic E-state index is 13.5. The lowest BCUT2D eigenvalue weighted by atomic mass is 9.71. The number of ketones is 3. The van der Waals surface area contributed by atoms with E-state index < -0.39 is 17.5 Å². The average Bonchev–Trinajstić information content (AvgIpc) is 2.88. The van der Waals surface area contributed by atoms with E-state index in [2.05, 4.69) is 12.2 Å². The summed E-state index contributed by atoms with van der Waals surface area (Å²) in [4.78, 5) is 39.6. The maximum absolute atomic E-state index is 13.5. The fourth-order valence-corrected chi connectivity index (χ4v) is 5.74. The highest BCUT2D eigenvalue weighted by Gasteiger charge is 2.45. The van der Waals surface area contributed by atoms with Gasteiger partial charge in [-0.2, -0.15) is 0 Å². The Balaban J connectivity index is 1.55. The first-order valence-corrected chi connectivity index (χ1v) is 13.9. The molecule has 36 heavy (non-hydrogen) atoms. The van der Waals surface area contributed by atoms with E-state index in [9.17, 15) is 19.5 Å². The lowest BCUT2D eigenvalue weighted by Crippen LogP contribution is -2.40. The molecule has 0 spiro atoms. The Bertz CT molecular complexity index is 1130. The monoisotopic (exact) mass is 509 g/mol. The Morgan fingerprint density at radius 1 is 0.861 bits per heavy atom. The Kier molecular flexibility index (Phi) is 8.84. The molecule has 1 aromatic carbocycles. The topological polar surface area (TPSA) is 83.5 Å². The van der Waals surface area contributed by atoms with Gasteiger partial charge in [-0.1, -0.05) is 82.0 Å². The molecular weight excluding hydrogens is 474 g/mol. The molecule has 0 amide bonds. The normalized spacial score (nSPS) is 20.1. The van der Waals surface area contributed by atoms with Crippen molar-refractivity contribution in [1.82, 2.24) is 5.32 Å². The summed E-state index contributed by atoms with van der Waals surface area (Å²) in [5.41, 5.74) is 2.63. The largest absolute Gasteiger partial charge is 0.505 e. The number of carbonyl (C=O) groups excluding carboxylic acids is 3. The molecule has 5 nitrogen and oxygen atoms in total. The minimum absolute atomic E-state index is 0.0283. The lowest BCUT2D eigenvalue weighted by molar-refractivity contribution is -0.132. The SMILES string of the molecule is CCCCCCCCCCCC1=C(O)C2=C(C(=O)C1=O)C(c1ccc(Cl)cc1)C1=C(CCCC1=O)N2. The highest BCUT2D eigenvalue weighted by atomic mass is 35.5. The van der Waals surface area contributed by atoms with Crippen LogP contribution < -0.4 is 5.32 Å². The van der Waals surface area contributed by atoms with Gasteiger partial charge in [0.25, 0.3) is 0 Å². The molecule has 0 bridgehead atoms. The van der Waals surface area contributed by atoms with Crippen LogP contribution in [0.1, 0.15) is 102 Å². The number of Topliss-reactive ketones (excluding diaryl/α,β-unsaturated/α-hetero) is 3. The first-order chi connectivity index (χ1) is 17.4. The number of carbonyl (C=O) groups is 3. The third-order valence-corrected chi connectivity index (χ3v) is 7.81. The molecule has 0 fully saturated rings. The van der Waals surface area contributed by atoms with Crippen LogP contribution in [0.2, 0.25) is 5.02 Å². The summed E-state index contributed by atoms with van der Waals surface area (Å²) in [5, 5.41) is 14.9. The van der Waals surface area contributed by atoms with Crippen LogP contribution in [0.25, 0.3) is 0 Å². The first-order valence-electron chi connectivity index (χ1n) is 13.5. The van der Waals surface area contributed by atoms with E-state index in [1.807, 2.05) is 0 Å². The number of benzene rings is 1. The standard InChI is InChI=1S/C30H36ClNO4/c1-2-3-4-5-6-7-8-9-10-12-21-28(34)27-26(30(36)29(21)35)24(19-15-17-20(31)18-16-19)25-22(32-27)13-11-14-23(25)33/h15-18,24,32,34H,2-14H2,1H3. The number of rotatable bonds is 11. The summed E-state index contributed by atoms with van der Waals surface area (Å²) in [7, 11) is 0. The highest BCUT2D eigenvalue weighted by molar-refractivity contribution is 6.50. The highest BCUT2D eigenvalue weighted by Crippen LogP contribution is 2.46. The summed E-state index contributed by atoms with van der Waals surface area (Å²) in [5.74, 6) is -2.14. The van der Waals surface area contributed by atoms with Crippen LogP contribution >= 0.6 is 11.6 Å². The van der Waals surface area contributed by atoms with E-state index in [0.717, 1.165) is 25.0 Å². The molecule has 3 aliphatic rings. The smallest absolute Gasteiger partial charge is 0.233 e. The minimum Gasteiger partial charge on any atom is -0.505 e. The molecule has 2 aliphatic carbocycles. The molecule has 1 heterocycles. The Labute approximate surface area is 218 Å². The van der Waals surface area contributed by atoms with Gasteiger partial charge in [-0.05, 0) is 43.4 Å². The van der Waals surface area contributed by atoms with Crippen LogP contribution in [0.5, 0.6) is 0 Å². The second-order valence-corrected chi connectivity index (χ2v) is 10.6. The van der Waals surface area contributed by atoms with Gasteiger partial charge in [0, 0.05) is 39.8 Å². The van der Waals surface area contributed by atoms with Crippen LogP contribution in [0.15, 0.2) is 58.1 Å². The van der Waals surface area contributed by atoms with E-state index in [0.29, 0.717) is 47.5 Å². The number of dihydropyridines is 1. The number of hydrogen-bond acceptors (Lipinski definition) is 5. The van der Waals surface area contributed by atoms with E-state index in [-0.39, 0.29) is 22.7 Å². The van der Waals surface area contributed by atoms with Gasteiger partial charge in [-0.15, -0.1) is 0 Å². The molecule has 0 saturated heterocycles. The molecule has 6 heteroatoms. The number of halogens is 1. The molecule has 4 rings (SSSR count). The molecule has 0 radical (unpaired) electrons. The molecule has 1 aromatic rings. The zero-order chi connectivity index (χ0) is 25.7. The Morgan fingerprint density at radius 3 is 2.17 bits per heavy atom. The zero-order valence-electron chi connectivity index (χ0n) is 21.1. The number of nitrogens with one attached hydrogen (secondary N) is 1. The van der Waals surface area contributed by atoms with E-state index in [1.54, 1.807) is 24.3 Å². The molecule has 1 aliphatic heterocycles. The van der Waals surface area contributed by atoms with Crippen molar-refractivity contribution in [2.45, 2.75) is 96.3 Å². The van der Waals surface area contributed by atoms with Crippen LogP contribution in [0, 0.1) is 0 Å². The molecule has 2 N–H and O–H groups in total. The summed E-state index contributed by atoms with van der Waals surface area (Å²) < 4.78 is 0. The fourth-order valence-electron chi connectivity index (χ4n) is 5.62. The van der Waals surface area contributed by atoms with Crippen molar-refractivity contribution in [1.29, 1.82) is 0 Å². The second kappa shape index (κ2) is 12.1. The van der Waals surface area contributed by atoms with Crippen molar-refractivity contribution < 1.29 is 19.5 Å². The fraction of sp³-hybridized carbons (Fsp3) is 0.500. The predicted molar refractivity (Wildman–Crippen MR) is 142 cm³/mol. The zero-order valence-corrected chi connectivity index (χ0v) is 21.9. The molecule has 192 valence electrons. The second-order valence-electron chi connectivity index (χ2n) is 10.1. The van der Waals surface area contributed by atoms with Gasteiger partial charge in [0.15, 0.2) is 5.78 Å². The predicted octanol–water partition coefficient (Wildman–Crippen LogP) is 7.17. The van der Waals surface area contributed by atoms with Gasteiger partial charge in [0.05, 0.1) is 5.70 Å². The third-order valence-electron chi connectivity index (χ3n) is 7.56. The van der Waals surface area contributed by atoms with Gasteiger partial charge >= 0.3 is 0 Å². The van der Waals surface area contributed by atoms with Crippen LogP contribution in [0.4, 0.5) is 0 Å². The first kappa shape index (κ1) is 26.4. The number of hydrogen-bond donors (Lipinski definition) is 2. The Morgan fingerprint density at radius 2 is 1.50 bits per heavy atom. The summed E-state index contributed by atoms with van der Waals surface area (Å²) >= 11 is 6.08. The number of allylic oxidation sites excluding steroid dienone is 4. The number of aliphatic hydroxyl groups is 1. The van der Waals surface area contributed by atoms with Gasteiger partial charge in [-0.3, -0.25) is 14.4 Å². The van der Waals surface area contributed by atoms with Gasteiger partial charge in [-0.25, -0.2) is 0 Å². The maximum Gasteiger partial charge on any atom is 0.233 e. The Hall–Kier alpha value is -2.66. The van der Waals surface area contributed by atoms with Crippen molar-refractivity contribution in [3.63, 3.8) is 0 Å². The van der Waals surface area contributed by atoms with Gasteiger partial charge < -0.3 is 10.4 Å². The lowest BCUT2D eigenvalue weighted by Gasteiger charge is -2.36. The van der Waals surface area contributed by atoms with Crippen molar-refractivity contribution in [3.8, 4) is 0 Å². The van der Waals surface area contributed by atoms with E-state index >= 15 is 0 Å². The average molecular weight is 510 g/mol. The van der Waals surface area contributed by atoms with Gasteiger partial charge in [0.2, 0.25) is 11.6 Å². The quantitative estimate of drug-likeness (QED) is 0.187. The van der Waals surface area contributed by atoms with Crippen LogP contribution in [-0.2, 0) is 14.4 Å². The van der Waals surface area contributed by atoms with Crippen molar-refractivity contribution in [2.24, 2.45) is 0 Å². The molecular formula is C30H36ClNO4. The minimum atomic E-state index is -0.686. The van der Waals surface area contributed by atoms with E-state index in [1.165, 1.54) is 38.5 Å². The van der Waals surface area contributed by atoms with Crippen molar-refractivity contribution >= 4 is 29.0 Å².